The van der Waals surface area contributed by atoms with Crippen LogP contribution in [0.2, 0.25) is 0 Å². The van der Waals surface area contributed by atoms with Crippen molar-refractivity contribution >= 4 is 39.8 Å². The van der Waals surface area contributed by atoms with Crippen LogP contribution in [0.4, 0.5) is 4.39 Å². The number of fused-ring (bicyclic) bond motifs is 1. The second-order valence-electron chi connectivity index (χ2n) is 7.77. The van der Waals surface area contributed by atoms with Gasteiger partial charge >= 0.3 is 0 Å². The summed E-state index contributed by atoms with van der Waals surface area (Å²) in [5.41, 5.74) is 4.01. The summed E-state index contributed by atoms with van der Waals surface area (Å²) in [5.74, 6) is -0.307. The van der Waals surface area contributed by atoms with Crippen LogP contribution in [-0.2, 0) is 4.79 Å². The standard InChI is InChI=1S/C25H20FN5O2S/c1-14-11-16(15(2)30(14)17-7-6-8-18(13-17)33-3)12-20-22(27)31-25(28-23(20)32)34-24(29-31)19-9-4-5-10-21(19)26/h4-13,27H,1-3H3/b20-12+,27-22?. The van der Waals surface area contributed by atoms with E-state index in [4.69, 9.17) is 10.1 Å². The number of thioether (sulfide) groups is 1. The molecule has 0 atom stereocenters. The van der Waals surface area contributed by atoms with Gasteiger partial charge in [-0.05, 0) is 67.6 Å². The van der Waals surface area contributed by atoms with Crippen molar-refractivity contribution in [3.8, 4) is 11.4 Å². The monoisotopic (exact) mass is 473 g/mol. The summed E-state index contributed by atoms with van der Waals surface area (Å²) in [6.07, 6.45) is 1.66. The first-order valence-electron chi connectivity index (χ1n) is 10.5. The van der Waals surface area contributed by atoms with Gasteiger partial charge < -0.3 is 9.30 Å². The molecule has 5 rings (SSSR count). The molecule has 1 N–H and O–H groups in total. The molecule has 2 aliphatic rings. The van der Waals surface area contributed by atoms with Crippen LogP contribution in [0.25, 0.3) is 11.8 Å². The molecule has 0 unspecified atom stereocenters. The quantitative estimate of drug-likeness (QED) is 0.546. The predicted molar refractivity (Wildman–Crippen MR) is 132 cm³/mol. The van der Waals surface area contributed by atoms with Crippen molar-refractivity contribution in [2.75, 3.05) is 7.11 Å². The molecule has 0 bridgehead atoms. The highest BCUT2D eigenvalue weighted by Crippen LogP contribution is 2.32. The Balaban J connectivity index is 1.52. The van der Waals surface area contributed by atoms with Crippen LogP contribution in [0.3, 0.4) is 0 Å². The van der Waals surface area contributed by atoms with E-state index >= 15 is 0 Å². The molecule has 7 nitrogen and oxygen atoms in total. The molecule has 34 heavy (non-hydrogen) atoms. The lowest BCUT2D eigenvalue weighted by Crippen LogP contribution is -2.35. The summed E-state index contributed by atoms with van der Waals surface area (Å²) in [6, 6.07) is 15.9. The molecule has 0 saturated carbocycles. The number of ether oxygens (including phenoxy) is 1. The van der Waals surface area contributed by atoms with Crippen molar-refractivity contribution in [3.05, 3.63) is 88.5 Å². The number of carbonyl (C=O) groups is 1. The number of halogens is 1. The van der Waals surface area contributed by atoms with E-state index in [2.05, 4.69) is 14.7 Å². The Kier molecular flexibility index (Phi) is 5.41. The Hall–Kier alpha value is -3.98. The van der Waals surface area contributed by atoms with Crippen LogP contribution in [-0.4, -0.2) is 38.6 Å². The maximum absolute atomic E-state index is 14.2. The van der Waals surface area contributed by atoms with E-state index in [1.165, 1.54) is 11.1 Å². The number of nitrogens with zero attached hydrogens (tertiary/aromatic N) is 4. The number of aromatic nitrogens is 1. The third-order valence-corrected chi connectivity index (χ3v) is 6.58. The molecule has 1 aromatic heterocycles. The highest BCUT2D eigenvalue weighted by molar-refractivity contribution is 8.27. The van der Waals surface area contributed by atoms with E-state index in [0.717, 1.165) is 40.2 Å². The van der Waals surface area contributed by atoms with Crippen molar-refractivity contribution in [3.63, 3.8) is 0 Å². The Morgan fingerprint density at radius 1 is 1.12 bits per heavy atom. The molecule has 0 radical (unpaired) electrons. The van der Waals surface area contributed by atoms with Crippen molar-refractivity contribution in [2.24, 2.45) is 10.1 Å². The van der Waals surface area contributed by atoms with E-state index in [9.17, 15) is 9.18 Å². The summed E-state index contributed by atoms with van der Waals surface area (Å²) >= 11 is 1.07. The molecule has 2 aromatic carbocycles. The van der Waals surface area contributed by atoms with Gasteiger partial charge in [0.2, 0.25) is 5.17 Å². The van der Waals surface area contributed by atoms with Gasteiger partial charge in [0.25, 0.3) is 5.91 Å². The second kappa shape index (κ2) is 8.42. The first-order chi connectivity index (χ1) is 16.4. The Labute approximate surface area is 199 Å². The van der Waals surface area contributed by atoms with E-state index in [1.807, 2.05) is 44.2 Å². The minimum atomic E-state index is -0.528. The van der Waals surface area contributed by atoms with Crippen molar-refractivity contribution in [1.29, 1.82) is 5.41 Å². The lowest BCUT2D eigenvalue weighted by molar-refractivity contribution is -0.114. The van der Waals surface area contributed by atoms with Gasteiger partial charge in [-0.2, -0.15) is 15.1 Å². The van der Waals surface area contributed by atoms with Gasteiger partial charge in [-0.1, -0.05) is 18.2 Å². The van der Waals surface area contributed by atoms with Gasteiger partial charge in [0, 0.05) is 28.7 Å². The van der Waals surface area contributed by atoms with Gasteiger partial charge in [-0.25, -0.2) is 4.39 Å². The van der Waals surface area contributed by atoms with Crippen molar-refractivity contribution in [1.82, 2.24) is 9.58 Å². The fourth-order valence-electron chi connectivity index (χ4n) is 3.97. The third-order valence-electron chi connectivity index (χ3n) is 5.64. The van der Waals surface area contributed by atoms with Crippen LogP contribution < -0.4 is 4.74 Å². The van der Waals surface area contributed by atoms with Gasteiger partial charge in [-0.15, -0.1) is 0 Å². The molecular weight excluding hydrogens is 453 g/mol. The number of hydrazone groups is 1. The zero-order chi connectivity index (χ0) is 24.0. The molecular formula is C25H20FN5O2S. The first kappa shape index (κ1) is 21.8. The number of benzene rings is 2. The lowest BCUT2D eigenvalue weighted by Gasteiger charge is -2.20. The highest BCUT2D eigenvalue weighted by Gasteiger charge is 2.36. The number of methoxy groups -OCH3 is 1. The summed E-state index contributed by atoms with van der Waals surface area (Å²) in [5, 5.41) is 14.9. The summed E-state index contributed by atoms with van der Waals surface area (Å²) < 4.78 is 21.6. The number of aliphatic imine (C=N–C) groups is 1. The number of amides is 1. The number of hydrogen-bond acceptors (Lipinski definition) is 5. The minimum Gasteiger partial charge on any atom is -0.497 e. The molecule has 1 amide bonds. The number of rotatable bonds is 4. The molecule has 3 aromatic rings. The Morgan fingerprint density at radius 3 is 2.68 bits per heavy atom. The Morgan fingerprint density at radius 2 is 1.91 bits per heavy atom. The maximum Gasteiger partial charge on any atom is 0.283 e. The van der Waals surface area contributed by atoms with Crippen LogP contribution in [0.15, 0.2) is 70.3 Å². The fourth-order valence-corrected chi connectivity index (χ4v) is 4.89. The number of nitrogens with one attached hydrogen (secondary N) is 1. The summed E-state index contributed by atoms with van der Waals surface area (Å²) in [7, 11) is 1.62. The van der Waals surface area contributed by atoms with Crippen molar-refractivity contribution in [2.45, 2.75) is 13.8 Å². The smallest absolute Gasteiger partial charge is 0.283 e. The van der Waals surface area contributed by atoms with Crippen LogP contribution in [0, 0.1) is 25.1 Å². The van der Waals surface area contributed by atoms with E-state index in [0.29, 0.717) is 10.6 Å². The van der Waals surface area contributed by atoms with Gasteiger partial charge in [0.15, 0.2) is 5.84 Å². The molecule has 0 aliphatic carbocycles. The van der Waals surface area contributed by atoms with Crippen molar-refractivity contribution < 1.29 is 13.9 Å². The fraction of sp³-hybridized carbons (Fsp3) is 0.120. The highest BCUT2D eigenvalue weighted by atomic mass is 32.2. The second-order valence-corrected chi connectivity index (χ2v) is 8.72. The van der Waals surface area contributed by atoms with Crippen LogP contribution in [0.1, 0.15) is 22.5 Å². The third kappa shape index (κ3) is 3.63. The molecule has 0 fully saturated rings. The topological polar surface area (TPSA) is 83.0 Å². The average molecular weight is 474 g/mol. The zero-order valence-electron chi connectivity index (χ0n) is 18.7. The lowest BCUT2D eigenvalue weighted by atomic mass is 10.1. The SMILES string of the molecule is COc1cccc(-n2c(C)cc(/C=C3\C(=N)N4N=C(c5ccccc5F)SC4=NC3=O)c2C)c1. The number of amidine groups is 2. The molecule has 2 aliphatic heterocycles. The van der Waals surface area contributed by atoms with Crippen LogP contribution >= 0.6 is 11.8 Å². The van der Waals surface area contributed by atoms with E-state index < -0.39 is 11.7 Å². The zero-order valence-corrected chi connectivity index (χ0v) is 19.5. The summed E-state index contributed by atoms with van der Waals surface area (Å²) in [6.45, 7) is 3.92. The molecule has 170 valence electrons. The van der Waals surface area contributed by atoms with E-state index in [1.54, 1.807) is 31.4 Å². The van der Waals surface area contributed by atoms with Crippen LogP contribution in [0.5, 0.6) is 5.75 Å². The Bertz CT molecular complexity index is 1450. The van der Waals surface area contributed by atoms with Gasteiger partial charge in [0.05, 0.1) is 12.7 Å². The maximum atomic E-state index is 14.2. The normalized spacial score (nSPS) is 16.6. The molecule has 9 heteroatoms. The molecule has 0 saturated heterocycles. The number of hydrogen-bond donors (Lipinski definition) is 1. The minimum absolute atomic E-state index is 0.0972. The molecule has 0 spiro atoms. The average Bonchev–Trinajstić information content (AvgIpc) is 3.37. The van der Waals surface area contributed by atoms with Gasteiger partial charge in [-0.3, -0.25) is 10.2 Å². The largest absolute Gasteiger partial charge is 0.497 e. The van der Waals surface area contributed by atoms with E-state index in [-0.39, 0.29) is 16.6 Å². The molecule has 3 heterocycles. The first-order valence-corrected chi connectivity index (χ1v) is 11.3. The number of aryl methyl sites for hydroxylation is 1. The number of carbonyl (C=O) groups excluding carboxylic acids is 1. The summed E-state index contributed by atoms with van der Waals surface area (Å²) in [4.78, 5) is 16.9. The van der Waals surface area contributed by atoms with Gasteiger partial charge in [0.1, 0.15) is 16.6 Å². The predicted octanol–water partition coefficient (Wildman–Crippen LogP) is 4.91.